The van der Waals surface area contributed by atoms with Crippen molar-refractivity contribution in [2.45, 2.75) is 44.6 Å². The Morgan fingerprint density at radius 3 is 2.76 bits per heavy atom. The lowest BCUT2D eigenvalue weighted by Crippen LogP contribution is -2.18. The van der Waals surface area contributed by atoms with Crippen LogP contribution in [0.4, 0.5) is 0 Å². The minimum atomic E-state index is -0.931. The van der Waals surface area contributed by atoms with E-state index in [2.05, 4.69) is 27.2 Å². The zero-order valence-electron chi connectivity index (χ0n) is 20.4. The van der Waals surface area contributed by atoms with E-state index in [1.165, 1.54) is 24.1 Å². The van der Waals surface area contributed by atoms with Crippen molar-refractivity contribution in [1.82, 2.24) is 24.7 Å². The number of para-hydroxylation sites is 2. The molecule has 0 amide bonds. The quantitative estimate of drug-likeness (QED) is 0.327. The zero-order valence-corrected chi connectivity index (χ0v) is 20.4. The second kappa shape index (κ2) is 9.97. The van der Waals surface area contributed by atoms with Gasteiger partial charge in [-0.3, -0.25) is 19.4 Å². The summed E-state index contributed by atoms with van der Waals surface area (Å²) in [6.45, 7) is 0.528. The van der Waals surface area contributed by atoms with Gasteiger partial charge in [0.15, 0.2) is 0 Å². The van der Waals surface area contributed by atoms with Crippen molar-refractivity contribution >= 4 is 27.9 Å². The van der Waals surface area contributed by atoms with Gasteiger partial charge in [0.05, 0.1) is 47.7 Å². The smallest absolute Gasteiger partial charge is 0.305 e. The molecule has 1 aliphatic rings. The molecule has 5 aromatic rings. The fraction of sp³-hybridized carbons (Fsp3) is 0.276. The molecule has 186 valence electrons. The molecule has 0 saturated carbocycles. The summed E-state index contributed by atoms with van der Waals surface area (Å²) in [6.07, 6.45) is 8.62. The van der Waals surface area contributed by atoms with E-state index in [-0.39, 0.29) is 6.42 Å². The molecule has 0 bridgehead atoms. The van der Waals surface area contributed by atoms with Crippen molar-refractivity contribution in [3.8, 4) is 5.75 Å². The number of rotatable bonds is 8. The fourth-order valence-electron chi connectivity index (χ4n) is 5.02. The lowest BCUT2D eigenvalue weighted by molar-refractivity contribution is -0.137. The summed E-state index contributed by atoms with van der Waals surface area (Å²) in [5.41, 5.74) is 6.53. The third-order valence-corrected chi connectivity index (χ3v) is 6.90. The standard InChI is InChI=1S/C29H27N5O3/c35-29(36)16-28(26-18-30-24-7-3-4-8-25(24)33-26)34-27-12-11-22(15-20(27)17-31-34)37-14-13-21-10-9-19-5-1-2-6-23(19)32-21/h3-4,7-12,15,17-18,28H,1-2,5-6,13-14,16H2,(H,35,36)/t28-/m0/s1. The molecule has 8 nitrogen and oxygen atoms in total. The lowest BCUT2D eigenvalue weighted by Gasteiger charge is -2.17. The van der Waals surface area contributed by atoms with Crippen molar-refractivity contribution in [2.24, 2.45) is 0 Å². The molecular weight excluding hydrogens is 466 g/mol. The Kier molecular flexibility index (Phi) is 6.22. The Hall–Kier alpha value is -4.33. The third kappa shape index (κ3) is 4.87. The van der Waals surface area contributed by atoms with Gasteiger partial charge in [-0.05, 0) is 67.6 Å². The predicted molar refractivity (Wildman–Crippen MR) is 140 cm³/mol. The maximum Gasteiger partial charge on any atom is 0.305 e. The van der Waals surface area contributed by atoms with E-state index in [9.17, 15) is 9.90 Å². The number of aliphatic carboxylic acids is 1. The van der Waals surface area contributed by atoms with Gasteiger partial charge in [0.25, 0.3) is 0 Å². The topological polar surface area (TPSA) is 103 Å². The maximum atomic E-state index is 11.7. The highest BCUT2D eigenvalue weighted by Gasteiger charge is 2.23. The minimum absolute atomic E-state index is 0.157. The fourth-order valence-corrected chi connectivity index (χ4v) is 5.02. The van der Waals surface area contributed by atoms with Crippen LogP contribution in [0.5, 0.6) is 5.75 Å². The Morgan fingerprint density at radius 1 is 1.00 bits per heavy atom. The van der Waals surface area contributed by atoms with Gasteiger partial charge < -0.3 is 9.84 Å². The molecule has 0 unspecified atom stereocenters. The van der Waals surface area contributed by atoms with Gasteiger partial charge in [0.2, 0.25) is 0 Å². The van der Waals surface area contributed by atoms with E-state index in [0.29, 0.717) is 12.3 Å². The van der Waals surface area contributed by atoms with E-state index in [4.69, 9.17) is 9.72 Å². The number of ether oxygens (including phenoxy) is 1. The number of hydrogen-bond acceptors (Lipinski definition) is 6. The number of benzene rings is 2. The minimum Gasteiger partial charge on any atom is -0.493 e. The van der Waals surface area contributed by atoms with E-state index in [0.717, 1.165) is 52.6 Å². The first-order valence-corrected chi connectivity index (χ1v) is 12.7. The molecule has 3 aromatic heterocycles. The summed E-state index contributed by atoms with van der Waals surface area (Å²) in [5, 5.41) is 15.0. The van der Waals surface area contributed by atoms with Crippen molar-refractivity contribution in [3.63, 3.8) is 0 Å². The Balaban J connectivity index is 1.21. The van der Waals surface area contributed by atoms with Gasteiger partial charge >= 0.3 is 5.97 Å². The monoisotopic (exact) mass is 493 g/mol. The molecule has 1 aliphatic carbocycles. The van der Waals surface area contributed by atoms with Crippen LogP contribution in [0.25, 0.3) is 21.9 Å². The average molecular weight is 494 g/mol. The summed E-state index contributed by atoms with van der Waals surface area (Å²) in [5.74, 6) is -0.190. The van der Waals surface area contributed by atoms with Gasteiger partial charge in [0.1, 0.15) is 11.8 Å². The van der Waals surface area contributed by atoms with Crippen molar-refractivity contribution in [2.75, 3.05) is 6.61 Å². The summed E-state index contributed by atoms with van der Waals surface area (Å²) < 4.78 is 7.75. The summed E-state index contributed by atoms with van der Waals surface area (Å²) in [6, 6.07) is 17.0. The average Bonchev–Trinajstić information content (AvgIpc) is 3.34. The Morgan fingerprint density at radius 2 is 1.86 bits per heavy atom. The normalized spacial score (nSPS) is 13.9. The van der Waals surface area contributed by atoms with Crippen LogP contribution >= 0.6 is 0 Å². The van der Waals surface area contributed by atoms with Crippen LogP contribution in [0.3, 0.4) is 0 Å². The molecule has 1 N–H and O–H groups in total. The van der Waals surface area contributed by atoms with E-state index in [1.54, 1.807) is 17.1 Å². The first-order valence-electron chi connectivity index (χ1n) is 12.7. The number of aryl methyl sites for hydroxylation is 2. The van der Waals surface area contributed by atoms with Crippen LogP contribution in [0.1, 0.15) is 47.9 Å². The number of carbonyl (C=O) groups is 1. The molecule has 1 atom stereocenters. The number of hydrogen-bond donors (Lipinski definition) is 1. The summed E-state index contributed by atoms with van der Waals surface area (Å²) in [4.78, 5) is 25.7. The van der Waals surface area contributed by atoms with Crippen LogP contribution in [0, 0.1) is 0 Å². The SMILES string of the molecule is O=C(O)C[C@@H](c1cnc2ccccc2n1)n1ncc2cc(OCCc3ccc4c(n3)CCCC4)ccc21. The van der Waals surface area contributed by atoms with E-state index < -0.39 is 12.0 Å². The van der Waals surface area contributed by atoms with Crippen LogP contribution in [0.15, 0.2) is 67.0 Å². The Bertz CT molecular complexity index is 1600. The lowest BCUT2D eigenvalue weighted by atomic mass is 9.96. The van der Waals surface area contributed by atoms with Crippen molar-refractivity contribution in [1.29, 1.82) is 0 Å². The number of pyridine rings is 1. The van der Waals surface area contributed by atoms with Crippen LogP contribution in [-0.4, -0.2) is 42.4 Å². The maximum absolute atomic E-state index is 11.7. The second-order valence-electron chi connectivity index (χ2n) is 9.42. The van der Waals surface area contributed by atoms with Crippen molar-refractivity contribution in [3.05, 3.63) is 89.6 Å². The summed E-state index contributed by atoms with van der Waals surface area (Å²) in [7, 11) is 0. The highest BCUT2D eigenvalue weighted by Crippen LogP contribution is 2.28. The number of fused-ring (bicyclic) bond motifs is 3. The zero-order chi connectivity index (χ0) is 25.2. The molecule has 2 aromatic carbocycles. The molecule has 8 heteroatoms. The highest BCUT2D eigenvalue weighted by atomic mass is 16.5. The molecule has 0 aliphatic heterocycles. The first-order chi connectivity index (χ1) is 18.1. The van der Waals surface area contributed by atoms with E-state index >= 15 is 0 Å². The number of carboxylic acids is 1. The molecule has 0 saturated heterocycles. The van der Waals surface area contributed by atoms with Crippen LogP contribution in [0.2, 0.25) is 0 Å². The molecular formula is C29H27N5O3. The summed E-state index contributed by atoms with van der Waals surface area (Å²) >= 11 is 0. The van der Waals surface area contributed by atoms with Crippen LogP contribution < -0.4 is 4.74 Å². The van der Waals surface area contributed by atoms with Gasteiger partial charge in [-0.2, -0.15) is 5.10 Å². The van der Waals surface area contributed by atoms with Crippen molar-refractivity contribution < 1.29 is 14.6 Å². The molecule has 6 rings (SSSR count). The van der Waals surface area contributed by atoms with Gasteiger partial charge in [-0.15, -0.1) is 0 Å². The Labute approximate surface area is 214 Å². The second-order valence-corrected chi connectivity index (χ2v) is 9.42. The molecule has 0 radical (unpaired) electrons. The number of aromatic nitrogens is 5. The van der Waals surface area contributed by atoms with Gasteiger partial charge in [-0.25, -0.2) is 4.98 Å². The first kappa shape index (κ1) is 23.1. The number of carboxylic acid groups (broad SMARTS) is 1. The predicted octanol–water partition coefficient (Wildman–Crippen LogP) is 4.94. The van der Waals surface area contributed by atoms with Crippen LogP contribution in [-0.2, 0) is 24.1 Å². The third-order valence-electron chi connectivity index (χ3n) is 6.90. The molecule has 0 fully saturated rings. The van der Waals surface area contributed by atoms with Gasteiger partial charge in [0, 0.05) is 23.2 Å². The largest absolute Gasteiger partial charge is 0.493 e. The molecule has 0 spiro atoms. The highest BCUT2D eigenvalue weighted by molar-refractivity contribution is 5.81. The van der Waals surface area contributed by atoms with E-state index in [1.807, 2.05) is 42.5 Å². The number of nitrogens with zero attached hydrogens (tertiary/aromatic N) is 5. The van der Waals surface area contributed by atoms with Gasteiger partial charge in [-0.1, -0.05) is 18.2 Å². The molecule has 37 heavy (non-hydrogen) atoms. The molecule has 3 heterocycles.